The summed E-state index contributed by atoms with van der Waals surface area (Å²) in [7, 11) is 0. The molecule has 1 saturated carbocycles. The Hall–Kier alpha value is -1.06. The zero-order valence-electron chi connectivity index (χ0n) is 12.9. The molecule has 0 aromatic rings. The van der Waals surface area contributed by atoms with Crippen molar-refractivity contribution in [2.45, 2.75) is 65.2 Å². The van der Waals surface area contributed by atoms with Gasteiger partial charge in [0.25, 0.3) is 0 Å². The highest BCUT2D eigenvalue weighted by molar-refractivity contribution is 5.79. The van der Waals surface area contributed by atoms with E-state index in [4.69, 9.17) is 5.11 Å². The molecule has 0 aliphatic heterocycles. The molecule has 4 heteroatoms. The number of aliphatic carboxylic acids is 1. The summed E-state index contributed by atoms with van der Waals surface area (Å²) in [6.07, 6.45) is 8.60. The van der Waals surface area contributed by atoms with E-state index >= 15 is 0 Å². The third-order valence-electron chi connectivity index (χ3n) is 4.55. The van der Waals surface area contributed by atoms with Gasteiger partial charge in [0.2, 0.25) is 5.91 Å². The topological polar surface area (TPSA) is 66.4 Å². The average molecular weight is 283 g/mol. The van der Waals surface area contributed by atoms with E-state index in [1.165, 1.54) is 19.3 Å². The van der Waals surface area contributed by atoms with Crippen LogP contribution in [0.4, 0.5) is 0 Å². The molecule has 0 bridgehead atoms. The van der Waals surface area contributed by atoms with Crippen LogP contribution in [0.1, 0.15) is 65.2 Å². The van der Waals surface area contributed by atoms with Crippen LogP contribution in [-0.2, 0) is 9.59 Å². The minimum atomic E-state index is -0.823. The molecule has 0 radical (unpaired) electrons. The van der Waals surface area contributed by atoms with Gasteiger partial charge in [0.1, 0.15) is 0 Å². The first-order chi connectivity index (χ1) is 9.58. The molecule has 0 aromatic heterocycles. The first-order valence-electron chi connectivity index (χ1n) is 8.08. The van der Waals surface area contributed by atoms with E-state index in [2.05, 4.69) is 12.2 Å². The highest BCUT2D eigenvalue weighted by Crippen LogP contribution is 2.31. The second-order valence-corrected chi connectivity index (χ2v) is 6.05. The lowest BCUT2D eigenvalue weighted by atomic mass is 9.79. The molecule has 1 atom stereocenters. The number of amides is 1. The lowest BCUT2D eigenvalue weighted by molar-refractivity contribution is -0.141. The lowest BCUT2D eigenvalue weighted by Crippen LogP contribution is -2.37. The molecular formula is C16H29NO3. The van der Waals surface area contributed by atoms with Crippen molar-refractivity contribution in [1.29, 1.82) is 0 Å². The molecule has 0 spiro atoms. The number of carbonyl (C=O) groups excluding carboxylic acids is 1. The molecule has 20 heavy (non-hydrogen) atoms. The van der Waals surface area contributed by atoms with E-state index in [1.807, 2.05) is 6.92 Å². The summed E-state index contributed by atoms with van der Waals surface area (Å²) in [5.74, 6) is -0.338. The van der Waals surface area contributed by atoms with Crippen molar-refractivity contribution in [3.63, 3.8) is 0 Å². The largest absolute Gasteiger partial charge is 0.481 e. The summed E-state index contributed by atoms with van der Waals surface area (Å²) in [5.41, 5.74) is 0. The molecule has 0 aromatic carbocycles. The Morgan fingerprint density at radius 1 is 1.20 bits per heavy atom. The quantitative estimate of drug-likeness (QED) is 0.719. The third kappa shape index (κ3) is 5.51. The van der Waals surface area contributed by atoms with Crippen molar-refractivity contribution in [3.05, 3.63) is 0 Å². The van der Waals surface area contributed by atoms with Crippen LogP contribution >= 0.6 is 0 Å². The van der Waals surface area contributed by atoms with E-state index in [0.29, 0.717) is 6.42 Å². The molecule has 1 amide bonds. The van der Waals surface area contributed by atoms with Gasteiger partial charge in [0.15, 0.2) is 0 Å². The SMILES string of the molecule is CCCCC1CCC(C(=O)NCC(CC)C(=O)O)CC1. The number of carbonyl (C=O) groups is 2. The Morgan fingerprint density at radius 2 is 1.85 bits per heavy atom. The van der Waals surface area contributed by atoms with Gasteiger partial charge in [-0.3, -0.25) is 9.59 Å². The zero-order valence-corrected chi connectivity index (χ0v) is 12.9. The third-order valence-corrected chi connectivity index (χ3v) is 4.55. The molecule has 1 unspecified atom stereocenters. The minimum Gasteiger partial charge on any atom is -0.481 e. The van der Waals surface area contributed by atoms with E-state index in [9.17, 15) is 9.59 Å². The van der Waals surface area contributed by atoms with Gasteiger partial charge < -0.3 is 10.4 Å². The first kappa shape index (κ1) is 17.0. The number of unbranched alkanes of at least 4 members (excludes halogenated alkanes) is 1. The number of nitrogens with one attached hydrogen (secondary N) is 1. The molecule has 1 rings (SSSR count). The van der Waals surface area contributed by atoms with Gasteiger partial charge in [-0.1, -0.05) is 33.1 Å². The van der Waals surface area contributed by atoms with E-state index in [1.54, 1.807) is 0 Å². The fourth-order valence-corrected chi connectivity index (χ4v) is 2.98. The minimum absolute atomic E-state index is 0.0543. The molecule has 2 N–H and O–H groups in total. The van der Waals surface area contributed by atoms with Crippen molar-refractivity contribution in [3.8, 4) is 0 Å². The number of carboxylic acids is 1. The summed E-state index contributed by atoms with van der Waals surface area (Å²) < 4.78 is 0. The highest BCUT2D eigenvalue weighted by atomic mass is 16.4. The smallest absolute Gasteiger partial charge is 0.308 e. The van der Waals surface area contributed by atoms with Crippen molar-refractivity contribution in [2.24, 2.45) is 17.8 Å². The van der Waals surface area contributed by atoms with Crippen molar-refractivity contribution < 1.29 is 14.7 Å². The van der Waals surface area contributed by atoms with Gasteiger partial charge in [-0.05, 0) is 38.0 Å². The fraction of sp³-hybridized carbons (Fsp3) is 0.875. The van der Waals surface area contributed by atoms with Gasteiger partial charge in [0, 0.05) is 12.5 Å². The predicted octanol–water partition coefficient (Wildman–Crippen LogP) is 3.21. The summed E-state index contributed by atoms with van der Waals surface area (Å²) >= 11 is 0. The van der Waals surface area contributed by atoms with Crippen molar-refractivity contribution in [2.75, 3.05) is 6.54 Å². The second kappa shape index (κ2) is 8.98. The molecule has 1 aliphatic rings. The Kier molecular flexibility index (Phi) is 7.63. The average Bonchev–Trinajstić information content (AvgIpc) is 2.45. The van der Waals surface area contributed by atoms with E-state index < -0.39 is 11.9 Å². The van der Waals surface area contributed by atoms with Gasteiger partial charge in [-0.25, -0.2) is 0 Å². The molecule has 1 aliphatic carbocycles. The zero-order chi connectivity index (χ0) is 15.0. The molecule has 1 fully saturated rings. The number of rotatable bonds is 8. The molecule has 0 heterocycles. The molecule has 116 valence electrons. The number of hydrogen-bond donors (Lipinski definition) is 2. The summed E-state index contributed by atoms with van der Waals surface area (Å²) in [5, 5.41) is 11.8. The lowest BCUT2D eigenvalue weighted by Gasteiger charge is -2.28. The highest BCUT2D eigenvalue weighted by Gasteiger charge is 2.26. The maximum atomic E-state index is 12.1. The standard InChI is InChI=1S/C16H29NO3/c1-3-5-6-12-7-9-14(10-8-12)15(18)17-11-13(4-2)16(19)20/h12-14H,3-11H2,1-2H3,(H,17,18)(H,19,20). The summed E-state index contributed by atoms with van der Waals surface area (Å²) in [6, 6.07) is 0. The predicted molar refractivity (Wildman–Crippen MR) is 79.4 cm³/mol. The Morgan fingerprint density at radius 3 is 2.35 bits per heavy atom. The Bertz CT molecular complexity index is 309. The van der Waals surface area contributed by atoms with Crippen LogP contribution in [0.15, 0.2) is 0 Å². The Labute approximate surface area is 122 Å². The van der Waals surface area contributed by atoms with Crippen LogP contribution in [-0.4, -0.2) is 23.5 Å². The fourth-order valence-electron chi connectivity index (χ4n) is 2.98. The normalized spacial score (nSPS) is 24.1. The summed E-state index contributed by atoms with van der Waals surface area (Å²) in [4.78, 5) is 23.0. The van der Waals surface area contributed by atoms with Crippen LogP contribution in [0.5, 0.6) is 0 Å². The summed E-state index contributed by atoms with van der Waals surface area (Å²) in [6.45, 7) is 4.32. The Balaban J connectivity index is 2.27. The second-order valence-electron chi connectivity index (χ2n) is 6.05. The van der Waals surface area contributed by atoms with Crippen LogP contribution in [0, 0.1) is 17.8 Å². The van der Waals surface area contributed by atoms with Crippen LogP contribution in [0.3, 0.4) is 0 Å². The maximum Gasteiger partial charge on any atom is 0.308 e. The van der Waals surface area contributed by atoms with Gasteiger partial charge >= 0.3 is 5.97 Å². The van der Waals surface area contributed by atoms with E-state index in [-0.39, 0.29) is 18.4 Å². The van der Waals surface area contributed by atoms with Crippen LogP contribution in [0.25, 0.3) is 0 Å². The van der Waals surface area contributed by atoms with Crippen molar-refractivity contribution >= 4 is 11.9 Å². The molecule has 0 saturated heterocycles. The van der Waals surface area contributed by atoms with Crippen LogP contribution < -0.4 is 5.32 Å². The first-order valence-corrected chi connectivity index (χ1v) is 8.08. The van der Waals surface area contributed by atoms with E-state index in [0.717, 1.165) is 31.6 Å². The van der Waals surface area contributed by atoms with Gasteiger partial charge in [0.05, 0.1) is 5.92 Å². The molecular weight excluding hydrogens is 254 g/mol. The number of carboxylic acid groups (broad SMARTS) is 1. The van der Waals surface area contributed by atoms with Gasteiger partial charge in [-0.2, -0.15) is 0 Å². The maximum absolute atomic E-state index is 12.1. The monoisotopic (exact) mass is 283 g/mol. The van der Waals surface area contributed by atoms with Crippen LogP contribution in [0.2, 0.25) is 0 Å². The molecule has 4 nitrogen and oxygen atoms in total. The van der Waals surface area contributed by atoms with Gasteiger partial charge in [-0.15, -0.1) is 0 Å². The van der Waals surface area contributed by atoms with Crippen molar-refractivity contribution in [1.82, 2.24) is 5.32 Å². The number of hydrogen-bond acceptors (Lipinski definition) is 2.